The number of nitrogens with two attached hydrogens (primary N) is 1. The molecule has 1 atom stereocenters. The van der Waals surface area contributed by atoms with Crippen LogP contribution in [0.3, 0.4) is 0 Å². The van der Waals surface area contributed by atoms with Gasteiger partial charge < -0.3 is 14.6 Å². The molecule has 3 N–H and O–H groups in total. The van der Waals surface area contributed by atoms with Crippen molar-refractivity contribution in [1.82, 2.24) is 4.57 Å². The lowest BCUT2D eigenvalue weighted by atomic mass is 10.2. The number of amides is 1. The molecule has 0 saturated heterocycles. The minimum atomic E-state index is -3.82. The average Bonchev–Trinajstić information content (AvgIpc) is 3.05. The predicted octanol–water partition coefficient (Wildman–Crippen LogP) is 2.93. The number of esters is 1. The molecule has 9 heteroatoms. The Morgan fingerprint density at radius 1 is 0.935 bits per heavy atom. The minimum Gasteiger partial charge on any atom is -0.449 e. The van der Waals surface area contributed by atoms with Crippen LogP contribution in [-0.2, 0) is 19.6 Å². The molecular formula is C22H23N3O5S. The van der Waals surface area contributed by atoms with Gasteiger partial charge >= 0.3 is 5.97 Å². The number of hydrogen-bond donors (Lipinski definition) is 2. The first-order valence-corrected chi connectivity index (χ1v) is 11.0. The molecule has 0 fully saturated rings. The van der Waals surface area contributed by atoms with Gasteiger partial charge in [0.15, 0.2) is 6.10 Å². The van der Waals surface area contributed by atoms with Crippen LogP contribution >= 0.6 is 0 Å². The Balaban J connectivity index is 1.62. The number of carbonyl (C=O) groups excluding carboxylic acids is 2. The summed E-state index contributed by atoms with van der Waals surface area (Å²) < 4.78 is 29.9. The highest BCUT2D eigenvalue weighted by atomic mass is 32.2. The lowest BCUT2D eigenvalue weighted by molar-refractivity contribution is -0.123. The number of primary sulfonamides is 1. The van der Waals surface area contributed by atoms with Gasteiger partial charge in [-0.05, 0) is 81.4 Å². The van der Waals surface area contributed by atoms with Crippen LogP contribution < -0.4 is 10.5 Å². The monoisotopic (exact) mass is 441 g/mol. The molecule has 0 aliphatic heterocycles. The zero-order chi connectivity index (χ0) is 22.8. The van der Waals surface area contributed by atoms with Crippen molar-refractivity contribution in [3.8, 4) is 5.69 Å². The summed E-state index contributed by atoms with van der Waals surface area (Å²) >= 11 is 0. The molecule has 2 aromatic carbocycles. The summed E-state index contributed by atoms with van der Waals surface area (Å²) in [6, 6.07) is 16.3. The Morgan fingerprint density at radius 2 is 1.48 bits per heavy atom. The van der Waals surface area contributed by atoms with E-state index in [1.54, 1.807) is 12.1 Å². The van der Waals surface area contributed by atoms with E-state index < -0.39 is 28.0 Å². The fourth-order valence-electron chi connectivity index (χ4n) is 3.08. The number of aryl methyl sites for hydroxylation is 2. The standard InChI is InChI=1S/C22H23N3O5S/c1-14-4-5-15(2)25(14)19-10-6-17(7-11-19)22(27)30-16(3)21(26)24-18-8-12-20(13-9-18)31(23,28)29/h4-13,16H,1-3H3,(H,24,26)(H2,23,28,29)/t16-/m0/s1. The summed E-state index contributed by atoms with van der Waals surface area (Å²) in [6.07, 6.45) is -1.06. The van der Waals surface area contributed by atoms with Crippen molar-refractivity contribution in [2.75, 3.05) is 5.32 Å². The van der Waals surface area contributed by atoms with Gasteiger partial charge in [-0.2, -0.15) is 0 Å². The highest BCUT2D eigenvalue weighted by Gasteiger charge is 2.19. The third-order valence-corrected chi connectivity index (χ3v) is 5.67. The van der Waals surface area contributed by atoms with Gasteiger partial charge in [-0.25, -0.2) is 18.4 Å². The van der Waals surface area contributed by atoms with Crippen LogP contribution in [0.1, 0.15) is 28.7 Å². The van der Waals surface area contributed by atoms with E-state index in [1.165, 1.54) is 31.2 Å². The molecule has 0 bridgehead atoms. The van der Waals surface area contributed by atoms with E-state index in [0.717, 1.165) is 17.1 Å². The van der Waals surface area contributed by atoms with Gasteiger partial charge in [-0.3, -0.25) is 4.79 Å². The summed E-state index contributed by atoms with van der Waals surface area (Å²) in [5, 5.41) is 7.61. The quantitative estimate of drug-likeness (QED) is 0.570. The Bertz CT molecular complexity index is 1190. The summed E-state index contributed by atoms with van der Waals surface area (Å²) in [6.45, 7) is 5.45. The summed E-state index contributed by atoms with van der Waals surface area (Å²) in [5.41, 5.74) is 3.75. The molecule has 1 aromatic heterocycles. The average molecular weight is 442 g/mol. The zero-order valence-electron chi connectivity index (χ0n) is 17.3. The van der Waals surface area contributed by atoms with Crippen molar-refractivity contribution in [2.45, 2.75) is 31.8 Å². The number of benzene rings is 2. The van der Waals surface area contributed by atoms with Crippen LogP contribution in [0.2, 0.25) is 0 Å². The minimum absolute atomic E-state index is 0.0706. The van der Waals surface area contributed by atoms with Crippen molar-refractivity contribution in [2.24, 2.45) is 5.14 Å². The molecule has 1 heterocycles. The summed E-state index contributed by atoms with van der Waals surface area (Å²) in [4.78, 5) is 24.6. The maximum absolute atomic E-state index is 12.4. The van der Waals surface area contributed by atoms with Crippen molar-refractivity contribution in [1.29, 1.82) is 0 Å². The second-order valence-corrected chi connectivity index (χ2v) is 8.67. The maximum Gasteiger partial charge on any atom is 0.338 e. The number of hydrogen-bond acceptors (Lipinski definition) is 5. The summed E-state index contributed by atoms with van der Waals surface area (Å²) in [5.74, 6) is -1.17. The number of aromatic nitrogens is 1. The van der Waals surface area contributed by atoms with Crippen LogP contribution in [0.25, 0.3) is 5.69 Å². The Hall–Kier alpha value is -3.43. The molecule has 162 valence electrons. The third kappa shape index (κ3) is 5.19. The third-order valence-electron chi connectivity index (χ3n) is 4.74. The topological polar surface area (TPSA) is 120 Å². The number of ether oxygens (including phenoxy) is 1. The van der Waals surface area contributed by atoms with Crippen molar-refractivity contribution in [3.63, 3.8) is 0 Å². The molecule has 0 aliphatic rings. The van der Waals surface area contributed by atoms with E-state index in [9.17, 15) is 18.0 Å². The number of rotatable bonds is 6. The van der Waals surface area contributed by atoms with Gasteiger partial charge in [0.25, 0.3) is 5.91 Å². The van der Waals surface area contributed by atoms with Crippen LogP contribution in [0.15, 0.2) is 65.6 Å². The van der Waals surface area contributed by atoms with Gasteiger partial charge in [0, 0.05) is 22.8 Å². The highest BCUT2D eigenvalue weighted by molar-refractivity contribution is 7.89. The van der Waals surface area contributed by atoms with Crippen molar-refractivity contribution < 1.29 is 22.7 Å². The van der Waals surface area contributed by atoms with E-state index in [4.69, 9.17) is 9.88 Å². The van der Waals surface area contributed by atoms with Crippen LogP contribution in [0.5, 0.6) is 0 Å². The molecule has 3 rings (SSSR count). The molecule has 0 aliphatic carbocycles. The van der Waals surface area contributed by atoms with E-state index in [-0.39, 0.29) is 4.90 Å². The normalized spacial score (nSPS) is 12.3. The Morgan fingerprint density at radius 3 is 2.00 bits per heavy atom. The Kier molecular flexibility index (Phi) is 6.28. The second-order valence-electron chi connectivity index (χ2n) is 7.10. The first-order chi connectivity index (χ1) is 14.6. The molecule has 0 spiro atoms. The highest BCUT2D eigenvalue weighted by Crippen LogP contribution is 2.18. The first kappa shape index (κ1) is 22.3. The summed E-state index contributed by atoms with van der Waals surface area (Å²) in [7, 11) is -3.82. The fraction of sp³-hybridized carbons (Fsp3) is 0.182. The molecule has 8 nitrogen and oxygen atoms in total. The largest absolute Gasteiger partial charge is 0.449 e. The van der Waals surface area contributed by atoms with E-state index >= 15 is 0 Å². The van der Waals surface area contributed by atoms with Gasteiger partial charge in [-0.1, -0.05) is 0 Å². The van der Waals surface area contributed by atoms with Crippen molar-refractivity contribution >= 4 is 27.6 Å². The number of carbonyl (C=O) groups is 2. The molecule has 0 unspecified atom stereocenters. The molecule has 31 heavy (non-hydrogen) atoms. The van der Waals surface area contributed by atoms with Crippen molar-refractivity contribution in [3.05, 3.63) is 77.6 Å². The molecule has 0 radical (unpaired) electrons. The smallest absolute Gasteiger partial charge is 0.338 e. The second kappa shape index (κ2) is 8.75. The van der Waals surface area contributed by atoms with Gasteiger partial charge in [0.2, 0.25) is 10.0 Å². The van der Waals surface area contributed by atoms with E-state index in [2.05, 4.69) is 9.88 Å². The number of nitrogens with zero attached hydrogens (tertiary/aromatic N) is 1. The predicted molar refractivity (Wildman–Crippen MR) is 117 cm³/mol. The molecule has 1 amide bonds. The van der Waals surface area contributed by atoms with Crippen LogP contribution in [-0.4, -0.2) is 31.0 Å². The lowest BCUT2D eigenvalue weighted by Gasteiger charge is -2.14. The van der Waals surface area contributed by atoms with Gasteiger partial charge in [0.1, 0.15) is 0 Å². The van der Waals surface area contributed by atoms with Gasteiger partial charge in [0.05, 0.1) is 10.5 Å². The molecular weight excluding hydrogens is 418 g/mol. The number of sulfonamides is 1. The lowest BCUT2D eigenvalue weighted by Crippen LogP contribution is -2.30. The Labute approximate surface area is 180 Å². The van der Waals surface area contributed by atoms with Gasteiger partial charge in [-0.15, -0.1) is 0 Å². The number of anilines is 1. The zero-order valence-corrected chi connectivity index (χ0v) is 18.1. The van der Waals surface area contributed by atoms with E-state index in [0.29, 0.717) is 11.3 Å². The number of nitrogens with one attached hydrogen (secondary N) is 1. The van der Waals surface area contributed by atoms with Crippen LogP contribution in [0, 0.1) is 13.8 Å². The fourth-order valence-corrected chi connectivity index (χ4v) is 3.59. The molecule has 3 aromatic rings. The maximum atomic E-state index is 12.4. The molecule has 0 saturated carbocycles. The first-order valence-electron chi connectivity index (χ1n) is 9.46. The van der Waals surface area contributed by atoms with Crippen LogP contribution in [0.4, 0.5) is 5.69 Å². The SMILES string of the molecule is Cc1ccc(C)n1-c1ccc(C(=O)O[C@@H](C)C(=O)Nc2ccc(S(N)(=O)=O)cc2)cc1. The van der Waals surface area contributed by atoms with E-state index in [1.807, 2.05) is 38.1 Å².